The fourth-order valence-electron chi connectivity index (χ4n) is 4.62. The number of hydrogen-bond donors (Lipinski definition) is 2. The van der Waals surface area contributed by atoms with E-state index in [-0.39, 0.29) is 36.9 Å². The Morgan fingerprint density at radius 3 is 2.74 bits per heavy atom. The molecule has 204 valence electrons. The molecular weight excluding hydrogens is 544 g/mol. The number of carbonyl (C=O) groups excluding carboxylic acids is 1. The number of benzene rings is 2. The normalized spacial score (nSPS) is 16.3. The average Bonchev–Trinajstić information content (AvgIpc) is 3.32. The number of methoxy groups -OCH3 is 1. The molecule has 1 amide bonds. The van der Waals surface area contributed by atoms with Crippen LogP contribution in [-0.2, 0) is 14.8 Å². The van der Waals surface area contributed by atoms with Gasteiger partial charge >= 0.3 is 0 Å². The Morgan fingerprint density at radius 1 is 1.23 bits per heavy atom. The Morgan fingerprint density at radius 2 is 2.05 bits per heavy atom. The van der Waals surface area contributed by atoms with Gasteiger partial charge in [0.15, 0.2) is 0 Å². The first kappa shape index (κ1) is 26.9. The molecule has 10 nitrogen and oxygen atoms in total. The summed E-state index contributed by atoms with van der Waals surface area (Å²) in [6, 6.07) is 14.2. The number of nitrogens with one attached hydrogen (secondary N) is 1. The number of nitrogens with zero attached hydrogens (tertiary/aromatic N) is 2. The largest absolute Gasteiger partial charge is 0.491 e. The van der Waals surface area contributed by atoms with Crippen LogP contribution in [0.15, 0.2) is 59.6 Å². The molecule has 0 spiro atoms. The summed E-state index contributed by atoms with van der Waals surface area (Å²) in [5.74, 6) is 0.293. The van der Waals surface area contributed by atoms with Crippen LogP contribution >= 0.6 is 11.6 Å². The van der Waals surface area contributed by atoms with Gasteiger partial charge in [0.2, 0.25) is 15.9 Å². The van der Waals surface area contributed by atoms with Crippen LogP contribution in [0.2, 0.25) is 5.02 Å². The summed E-state index contributed by atoms with van der Waals surface area (Å²) in [6.07, 6.45) is 1.22. The van der Waals surface area contributed by atoms with E-state index in [9.17, 15) is 13.2 Å². The molecule has 0 aliphatic carbocycles. The lowest BCUT2D eigenvalue weighted by Gasteiger charge is -2.32. The Hall–Kier alpha value is -3.64. The fourth-order valence-corrected chi connectivity index (χ4v) is 6.58. The zero-order valence-electron chi connectivity index (χ0n) is 21.3. The molecular formula is C27H27ClN4O6S. The third-order valence-electron chi connectivity index (χ3n) is 6.55. The average molecular weight is 571 g/mol. The number of fused-ring (bicyclic) bond motifs is 1. The van der Waals surface area contributed by atoms with Crippen LogP contribution < -0.4 is 15.2 Å². The molecule has 4 aromatic rings. The number of aryl methyl sites for hydroxylation is 1. The topological polar surface area (TPSA) is 137 Å². The number of carbonyl (C=O) groups is 1. The summed E-state index contributed by atoms with van der Waals surface area (Å²) in [5, 5.41) is 0.644. The van der Waals surface area contributed by atoms with Crippen LogP contribution in [0.25, 0.3) is 22.0 Å². The summed E-state index contributed by atoms with van der Waals surface area (Å²) in [4.78, 5) is 19.0. The minimum atomic E-state index is -4.11. The fraction of sp³-hybridized carbons (Fsp3) is 0.259. The Labute approximate surface area is 230 Å². The number of aromatic amines is 1. The zero-order valence-corrected chi connectivity index (χ0v) is 22.9. The Kier molecular flexibility index (Phi) is 7.50. The highest BCUT2D eigenvalue weighted by Crippen LogP contribution is 2.32. The van der Waals surface area contributed by atoms with Gasteiger partial charge in [-0.2, -0.15) is 4.31 Å². The number of morpholine rings is 1. The molecule has 2 aromatic heterocycles. The molecule has 1 atom stereocenters. The van der Waals surface area contributed by atoms with Gasteiger partial charge in [-0.15, -0.1) is 0 Å². The summed E-state index contributed by atoms with van der Waals surface area (Å²) >= 11 is 6.12. The summed E-state index contributed by atoms with van der Waals surface area (Å²) in [5.41, 5.74) is 8.72. The predicted octanol–water partition coefficient (Wildman–Crippen LogP) is 3.77. The highest BCUT2D eigenvalue weighted by atomic mass is 35.5. The van der Waals surface area contributed by atoms with Crippen molar-refractivity contribution in [2.24, 2.45) is 5.73 Å². The van der Waals surface area contributed by atoms with Gasteiger partial charge in [0.1, 0.15) is 29.0 Å². The van der Waals surface area contributed by atoms with Crippen LogP contribution in [-0.4, -0.2) is 68.1 Å². The van der Waals surface area contributed by atoms with Crippen LogP contribution in [0, 0.1) is 6.92 Å². The van der Waals surface area contributed by atoms with Crippen LogP contribution in [0.4, 0.5) is 0 Å². The third kappa shape index (κ3) is 5.44. The number of halogens is 1. The van der Waals surface area contributed by atoms with Crippen LogP contribution in [0.5, 0.6) is 11.6 Å². The summed E-state index contributed by atoms with van der Waals surface area (Å²) in [7, 11) is -2.54. The molecule has 1 unspecified atom stereocenters. The Bertz CT molecular complexity index is 1640. The molecule has 1 aliphatic rings. The van der Waals surface area contributed by atoms with Crippen molar-refractivity contribution in [2.75, 3.05) is 33.4 Å². The quantitative estimate of drug-likeness (QED) is 0.329. The van der Waals surface area contributed by atoms with E-state index in [0.29, 0.717) is 27.6 Å². The van der Waals surface area contributed by atoms with Gasteiger partial charge in [-0.3, -0.25) is 4.79 Å². The smallest absolute Gasteiger partial charge is 0.266 e. The molecule has 5 rings (SSSR count). The number of hydrogen-bond acceptors (Lipinski definition) is 7. The van der Waals surface area contributed by atoms with Crippen molar-refractivity contribution in [3.05, 3.63) is 71.0 Å². The summed E-state index contributed by atoms with van der Waals surface area (Å²) in [6.45, 7) is 2.44. The number of pyridine rings is 1. The third-order valence-corrected chi connectivity index (χ3v) is 8.74. The zero-order chi connectivity index (χ0) is 27.7. The minimum absolute atomic E-state index is 0.0440. The lowest BCUT2D eigenvalue weighted by atomic mass is 10.0. The second-order valence-corrected chi connectivity index (χ2v) is 11.4. The van der Waals surface area contributed by atoms with Crippen molar-refractivity contribution in [3.8, 4) is 22.8 Å². The first-order chi connectivity index (χ1) is 18.7. The monoisotopic (exact) mass is 570 g/mol. The van der Waals surface area contributed by atoms with Gasteiger partial charge in [0, 0.05) is 46.8 Å². The van der Waals surface area contributed by atoms with Crippen LogP contribution in [0.3, 0.4) is 0 Å². The molecule has 3 heterocycles. The number of nitrogens with two attached hydrogens (primary N) is 1. The van der Waals surface area contributed by atoms with E-state index >= 15 is 0 Å². The standard InChI is InChI=1S/C27H27ClN4O6S/c1-16-11-19(5-6-21(16)17-3-8-24(36-2)30-13-17)38-15-20-14-32(9-10-37-20)39(34,35)26-22-12-18(28)4-7-23(22)31-25(26)27(29)33/h3-8,11-13,20,31H,9-10,14-15H2,1-2H3,(H2,29,33). The van der Waals surface area contributed by atoms with Crippen molar-refractivity contribution in [1.29, 1.82) is 0 Å². The first-order valence-electron chi connectivity index (χ1n) is 12.1. The van der Waals surface area contributed by atoms with E-state index in [1.54, 1.807) is 31.5 Å². The van der Waals surface area contributed by atoms with Gasteiger partial charge in [-0.25, -0.2) is 13.4 Å². The maximum Gasteiger partial charge on any atom is 0.266 e. The van der Waals surface area contributed by atoms with Crippen molar-refractivity contribution >= 4 is 38.4 Å². The van der Waals surface area contributed by atoms with E-state index in [1.165, 1.54) is 10.4 Å². The van der Waals surface area contributed by atoms with Gasteiger partial charge in [-0.1, -0.05) is 17.7 Å². The van der Waals surface area contributed by atoms with E-state index < -0.39 is 22.0 Å². The second-order valence-electron chi connectivity index (χ2n) is 9.12. The van der Waals surface area contributed by atoms with Crippen LogP contribution in [0.1, 0.15) is 16.1 Å². The van der Waals surface area contributed by atoms with Gasteiger partial charge in [0.05, 0.1) is 13.7 Å². The van der Waals surface area contributed by atoms with Crippen molar-refractivity contribution in [3.63, 3.8) is 0 Å². The van der Waals surface area contributed by atoms with Gasteiger partial charge in [-0.05, 0) is 54.4 Å². The lowest BCUT2D eigenvalue weighted by Crippen LogP contribution is -2.47. The molecule has 2 aromatic carbocycles. The predicted molar refractivity (Wildman–Crippen MR) is 147 cm³/mol. The minimum Gasteiger partial charge on any atom is -0.491 e. The number of rotatable bonds is 8. The lowest BCUT2D eigenvalue weighted by molar-refractivity contribution is -0.0249. The maximum atomic E-state index is 13.7. The molecule has 0 bridgehead atoms. The SMILES string of the molecule is COc1ccc(-c2ccc(OCC3CN(S(=O)(=O)c4c(C(N)=O)[nH]c5ccc(Cl)cc45)CCO3)cc2C)cn1. The number of ether oxygens (including phenoxy) is 3. The van der Waals surface area contributed by atoms with E-state index in [2.05, 4.69) is 9.97 Å². The summed E-state index contributed by atoms with van der Waals surface area (Å²) < 4.78 is 45.6. The number of primary amides is 1. The first-order valence-corrected chi connectivity index (χ1v) is 14.0. The molecule has 0 radical (unpaired) electrons. The number of sulfonamides is 1. The molecule has 39 heavy (non-hydrogen) atoms. The highest BCUT2D eigenvalue weighted by Gasteiger charge is 2.36. The van der Waals surface area contributed by atoms with E-state index in [4.69, 9.17) is 31.5 Å². The number of amides is 1. The molecule has 3 N–H and O–H groups in total. The van der Waals surface area contributed by atoms with Crippen molar-refractivity contribution < 1.29 is 27.4 Å². The Balaban J connectivity index is 1.31. The molecule has 0 saturated carbocycles. The highest BCUT2D eigenvalue weighted by molar-refractivity contribution is 7.89. The maximum absolute atomic E-state index is 13.7. The van der Waals surface area contributed by atoms with Gasteiger partial charge < -0.3 is 24.9 Å². The second kappa shape index (κ2) is 10.9. The molecule has 12 heteroatoms. The van der Waals surface area contributed by atoms with E-state index in [1.807, 2.05) is 31.2 Å². The van der Waals surface area contributed by atoms with Crippen molar-refractivity contribution in [1.82, 2.24) is 14.3 Å². The van der Waals surface area contributed by atoms with Gasteiger partial charge in [0.25, 0.3) is 5.91 Å². The van der Waals surface area contributed by atoms with E-state index in [0.717, 1.165) is 16.7 Å². The number of H-pyrrole nitrogens is 1. The van der Waals surface area contributed by atoms with Crippen molar-refractivity contribution in [2.45, 2.75) is 17.9 Å². The number of aromatic nitrogens is 2. The molecule has 1 aliphatic heterocycles. The molecule has 1 fully saturated rings. The molecule has 1 saturated heterocycles.